The van der Waals surface area contributed by atoms with Crippen molar-refractivity contribution in [1.29, 1.82) is 0 Å². The summed E-state index contributed by atoms with van der Waals surface area (Å²) in [7, 11) is 0. The van der Waals surface area contributed by atoms with E-state index >= 15 is 0 Å². The average Bonchev–Trinajstić information content (AvgIpc) is 2.60. The molecule has 0 radical (unpaired) electrons. The Bertz CT molecular complexity index is 602. The van der Waals surface area contributed by atoms with Crippen LogP contribution in [0.1, 0.15) is 34.3 Å². The van der Waals surface area contributed by atoms with E-state index in [-0.39, 0.29) is 6.04 Å². The van der Waals surface area contributed by atoms with Crippen molar-refractivity contribution in [2.24, 2.45) is 5.84 Å². The van der Waals surface area contributed by atoms with Gasteiger partial charge in [-0.05, 0) is 50.5 Å². The zero-order chi connectivity index (χ0) is 14.9. The standard InChI is InChI=1S/C15H18F2N2O/c1-8-9(2)20-10(3)15(8)14(19-18)6-11-4-12(16)7-13(17)5-11/h4-5,7,14,19H,6,18H2,1-3H3. The van der Waals surface area contributed by atoms with Crippen LogP contribution in [0.15, 0.2) is 22.6 Å². The van der Waals surface area contributed by atoms with Crippen LogP contribution in [0.3, 0.4) is 0 Å². The van der Waals surface area contributed by atoms with E-state index < -0.39 is 11.6 Å². The van der Waals surface area contributed by atoms with Crippen molar-refractivity contribution in [3.8, 4) is 0 Å². The number of rotatable bonds is 4. The van der Waals surface area contributed by atoms with Crippen molar-refractivity contribution in [3.05, 3.63) is 58.0 Å². The molecule has 2 rings (SSSR count). The highest BCUT2D eigenvalue weighted by atomic mass is 19.1. The van der Waals surface area contributed by atoms with Gasteiger partial charge in [0.05, 0.1) is 6.04 Å². The lowest BCUT2D eigenvalue weighted by Crippen LogP contribution is -2.30. The minimum atomic E-state index is -0.590. The van der Waals surface area contributed by atoms with E-state index in [1.165, 1.54) is 12.1 Å². The smallest absolute Gasteiger partial charge is 0.126 e. The SMILES string of the molecule is Cc1oc(C)c(C(Cc2cc(F)cc(F)c2)NN)c1C. The number of hydrogen-bond acceptors (Lipinski definition) is 3. The molecule has 3 nitrogen and oxygen atoms in total. The van der Waals surface area contributed by atoms with Crippen LogP contribution >= 0.6 is 0 Å². The highest BCUT2D eigenvalue weighted by Gasteiger charge is 2.21. The fourth-order valence-electron chi connectivity index (χ4n) is 2.53. The summed E-state index contributed by atoms with van der Waals surface area (Å²) in [6, 6.07) is 3.22. The van der Waals surface area contributed by atoms with E-state index in [0.717, 1.165) is 28.7 Å². The second-order valence-electron chi connectivity index (χ2n) is 4.95. The van der Waals surface area contributed by atoms with Crippen LogP contribution in [-0.2, 0) is 6.42 Å². The van der Waals surface area contributed by atoms with Crippen LogP contribution in [0.25, 0.3) is 0 Å². The lowest BCUT2D eigenvalue weighted by Gasteiger charge is -2.17. The number of aryl methyl sites for hydroxylation is 2. The van der Waals surface area contributed by atoms with Gasteiger partial charge in [0, 0.05) is 11.6 Å². The Morgan fingerprint density at radius 2 is 1.70 bits per heavy atom. The van der Waals surface area contributed by atoms with Gasteiger partial charge in [-0.2, -0.15) is 0 Å². The van der Waals surface area contributed by atoms with E-state index in [1.807, 2.05) is 20.8 Å². The number of hydrogen-bond donors (Lipinski definition) is 2. The van der Waals surface area contributed by atoms with Gasteiger partial charge in [0.1, 0.15) is 23.2 Å². The van der Waals surface area contributed by atoms with E-state index in [2.05, 4.69) is 5.43 Å². The van der Waals surface area contributed by atoms with Gasteiger partial charge in [0.25, 0.3) is 0 Å². The van der Waals surface area contributed by atoms with Crippen LogP contribution in [0.4, 0.5) is 8.78 Å². The minimum absolute atomic E-state index is 0.256. The Kier molecular flexibility index (Phi) is 4.20. The second-order valence-corrected chi connectivity index (χ2v) is 4.95. The van der Waals surface area contributed by atoms with Crippen LogP contribution in [-0.4, -0.2) is 0 Å². The number of nitrogens with one attached hydrogen (secondary N) is 1. The summed E-state index contributed by atoms with van der Waals surface area (Å²) in [6.45, 7) is 5.67. The summed E-state index contributed by atoms with van der Waals surface area (Å²) < 4.78 is 32.0. The molecule has 0 bridgehead atoms. The zero-order valence-corrected chi connectivity index (χ0v) is 11.8. The normalized spacial score (nSPS) is 12.7. The molecular formula is C15H18F2N2O. The number of furan rings is 1. The van der Waals surface area contributed by atoms with Crippen molar-refractivity contribution < 1.29 is 13.2 Å². The molecule has 0 spiro atoms. The molecule has 0 fully saturated rings. The van der Waals surface area contributed by atoms with Gasteiger partial charge in [0.2, 0.25) is 0 Å². The third kappa shape index (κ3) is 2.89. The Balaban J connectivity index is 2.33. The monoisotopic (exact) mass is 280 g/mol. The van der Waals surface area contributed by atoms with Gasteiger partial charge in [0.15, 0.2) is 0 Å². The van der Waals surface area contributed by atoms with E-state index in [9.17, 15) is 8.78 Å². The van der Waals surface area contributed by atoms with Gasteiger partial charge in [-0.1, -0.05) is 0 Å². The van der Waals surface area contributed by atoms with Crippen molar-refractivity contribution >= 4 is 0 Å². The molecule has 0 saturated carbocycles. The van der Waals surface area contributed by atoms with E-state index in [0.29, 0.717) is 12.0 Å². The van der Waals surface area contributed by atoms with Crippen molar-refractivity contribution in [1.82, 2.24) is 5.43 Å². The van der Waals surface area contributed by atoms with Gasteiger partial charge in [-0.3, -0.25) is 11.3 Å². The summed E-state index contributed by atoms with van der Waals surface area (Å²) in [6.07, 6.45) is 0.381. The quantitative estimate of drug-likeness (QED) is 0.668. The fraction of sp³-hybridized carbons (Fsp3) is 0.333. The molecular weight excluding hydrogens is 262 g/mol. The molecule has 1 atom stereocenters. The first kappa shape index (κ1) is 14.7. The lowest BCUT2D eigenvalue weighted by atomic mass is 9.96. The van der Waals surface area contributed by atoms with Gasteiger partial charge >= 0.3 is 0 Å². The summed E-state index contributed by atoms with van der Waals surface area (Å²) in [4.78, 5) is 0. The highest BCUT2D eigenvalue weighted by Crippen LogP contribution is 2.29. The maximum Gasteiger partial charge on any atom is 0.126 e. The van der Waals surface area contributed by atoms with Gasteiger partial charge in [-0.15, -0.1) is 0 Å². The lowest BCUT2D eigenvalue weighted by molar-refractivity contribution is 0.483. The molecule has 0 aliphatic rings. The molecule has 0 aliphatic carbocycles. The largest absolute Gasteiger partial charge is 0.466 e. The topological polar surface area (TPSA) is 51.2 Å². The maximum absolute atomic E-state index is 13.2. The van der Waals surface area contributed by atoms with Crippen LogP contribution in [0, 0.1) is 32.4 Å². The molecule has 3 N–H and O–H groups in total. The third-order valence-electron chi connectivity index (χ3n) is 3.53. The number of nitrogens with two attached hydrogens (primary N) is 1. The second kappa shape index (κ2) is 5.73. The van der Waals surface area contributed by atoms with Gasteiger partial charge in [-0.25, -0.2) is 8.78 Å². The first-order valence-electron chi connectivity index (χ1n) is 6.40. The minimum Gasteiger partial charge on any atom is -0.466 e. The maximum atomic E-state index is 13.2. The van der Waals surface area contributed by atoms with Crippen LogP contribution in [0.5, 0.6) is 0 Å². The summed E-state index contributed by atoms with van der Waals surface area (Å²) in [5, 5.41) is 0. The molecule has 1 aromatic carbocycles. The average molecular weight is 280 g/mol. The van der Waals surface area contributed by atoms with Crippen LogP contribution in [0.2, 0.25) is 0 Å². The summed E-state index contributed by atoms with van der Waals surface area (Å²) >= 11 is 0. The third-order valence-corrected chi connectivity index (χ3v) is 3.53. The van der Waals surface area contributed by atoms with Crippen LogP contribution < -0.4 is 11.3 Å². The molecule has 5 heteroatoms. The zero-order valence-electron chi connectivity index (χ0n) is 11.8. The van der Waals surface area contributed by atoms with Crippen molar-refractivity contribution in [3.63, 3.8) is 0 Å². The molecule has 1 heterocycles. The molecule has 0 saturated heterocycles. The predicted molar refractivity (Wildman–Crippen MR) is 73.0 cm³/mol. The molecule has 1 unspecified atom stereocenters. The Labute approximate surface area is 116 Å². The predicted octanol–water partition coefficient (Wildman–Crippen LogP) is 3.23. The van der Waals surface area contributed by atoms with Crippen molar-refractivity contribution in [2.75, 3.05) is 0 Å². The first-order chi connectivity index (χ1) is 9.42. The van der Waals surface area contributed by atoms with Gasteiger partial charge < -0.3 is 4.42 Å². The molecule has 0 amide bonds. The number of halogens is 2. The molecule has 2 aromatic rings. The Morgan fingerprint density at radius 3 is 2.15 bits per heavy atom. The summed E-state index contributed by atoms with van der Waals surface area (Å²) in [5.74, 6) is 6.00. The fourth-order valence-corrected chi connectivity index (χ4v) is 2.53. The Hall–Kier alpha value is -1.72. The van der Waals surface area contributed by atoms with E-state index in [4.69, 9.17) is 10.3 Å². The molecule has 1 aromatic heterocycles. The molecule has 20 heavy (non-hydrogen) atoms. The number of hydrazine groups is 1. The highest BCUT2D eigenvalue weighted by molar-refractivity contribution is 5.35. The molecule has 0 aliphatic heterocycles. The Morgan fingerprint density at radius 1 is 1.10 bits per heavy atom. The van der Waals surface area contributed by atoms with E-state index in [1.54, 1.807) is 0 Å². The molecule has 108 valence electrons. The summed E-state index contributed by atoms with van der Waals surface area (Å²) in [5.41, 5.74) is 5.18. The van der Waals surface area contributed by atoms with Crippen molar-refractivity contribution in [2.45, 2.75) is 33.2 Å². The number of benzene rings is 1. The first-order valence-corrected chi connectivity index (χ1v) is 6.40.